The third-order valence-electron chi connectivity index (χ3n) is 4.07. The Kier molecular flexibility index (Phi) is 10.9. The molecule has 0 aliphatic carbocycles. The average Bonchev–Trinajstić information content (AvgIpc) is 3.15. The molecule has 2 rings (SSSR count). The highest BCUT2D eigenvalue weighted by Gasteiger charge is 2.09. The molecule has 0 aromatic carbocycles. The van der Waals surface area contributed by atoms with Gasteiger partial charge in [0.1, 0.15) is 12.4 Å². The number of rotatable bonds is 9. The first kappa shape index (κ1) is 23.8. The lowest BCUT2D eigenvalue weighted by molar-refractivity contribution is 0.195. The molecule has 0 aliphatic rings. The van der Waals surface area contributed by atoms with Crippen LogP contribution in [0, 0.1) is 13.8 Å². The van der Waals surface area contributed by atoms with E-state index in [2.05, 4.69) is 51.8 Å². The van der Waals surface area contributed by atoms with Gasteiger partial charge in [0.25, 0.3) is 0 Å². The van der Waals surface area contributed by atoms with Crippen molar-refractivity contribution in [2.45, 2.75) is 46.2 Å². The molecule has 1 atom stereocenters. The van der Waals surface area contributed by atoms with Gasteiger partial charge in [-0.3, -0.25) is 0 Å². The van der Waals surface area contributed by atoms with Crippen LogP contribution in [0.2, 0.25) is 0 Å². The molecule has 1 unspecified atom stereocenters. The number of halogens is 1. The molecule has 2 aromatic heterocycles. The van der Waals surface area contributed by atoms with E-state index in [-0.39, 0.29) is 30.0 Å². The second-order valence-electron chi connectivity index (χ2n) is 6.42. The number of thiophene rings is 1. The van der Waals surface area contributed by atoms with Crippen molar-refractivity contribution in [3.8, 4) is 0 Å². The Balaban J connectivity index is 0.00000364. The third kappa shape index (κ3) is 8.14. The molecule has 0 aliphatic heterocycles. The number of nitrogens with one attached hydrogen (secondary N) is 2. The Bertz CT molecular complexity index is 715. The van der Waals surface area contributed by atoms with Crippen LogP contribution in [0.1, 0.15) is 34.7 Å². The summed E-state index contributed by atoms with van der Waals surface area (Å²) in [6.07, 6.45) is 1.90. The summed E-state index contributed by atoms with van der Waals surface area (Å²) in [5.41, 5.74) is 0. The highest BCUT2D eigenvalue weighted by Crippen LogP contribution is 2.16. The predicted molar refractivity (Wildman–Crippen MR) is 122 cm³/mol. The molecule has 7 nitrogen and oxygen atoms in total. The second-order valence-corrected chi connectivity index (χ2v) is 7.79. The summed E-state index contributed by atoms with van der Waals surface area (Å²) < 4.78 is 7.08. The van der Waals surface area contributed by atoms with E-state index in [4.69, 9.17) is 4.74 Å². The van der Waals surface area contributed by atoms with Crippen molar-refractivity contribution in [2.75, 3.05) is 20.3 Å². The summed E-state index contributed by atoms with van der Waals surface area (Å²) >= 11 is 1.84. The molecule has 152 valence electrons. The summed E-state index contributed by atoms with van der Waals surface area (Å²) in [5.74, 6) is 2.53. The van der Waals surface area contributed by atoms with Crippen molar-refractivity contribution in [1.82, 2.24) is 25.4 Å². The smallest absolute Gasteiger partial charge is 0.191 e. The van der Waals surface area contributed by atoms with E-state index < -0.39 is 0 Å². The number of nitrogens with zero attached hydrogens (tertiary/aromatic N) is 4. The number of hydrogen-bond donors (Lipinski definition) is 2. The molecule has 9 heteroatoms. The average molecular weight is 506 g/mol. The first-order chi connectivity index (χ1) is 12.5. The lowest BCUT2D eigenvalue weighted by atomic mass is 10.2. The van der Waals surface area contributed by atoms with Crippen molar-refractivity contribution >= 4 is 41.3 Å². The van der Waals surface area contributed by atoms with Gasteiger partial charge < -0.3 is 19.9 Å². The van der Waals surface area contributed by atoms with Crippen LogP contribution in [0.25, 0.3) is 0 Å². The number of methoxy groups -OCH3 is 1. The number of ether oxygens (including phenoxy) is 1. The summed E-state index contributed by atoms with van der Waals surface area (Å²) in [5, 5.41) is 15.1. The van der Waals surface area contributed by atoms with Gasteiger partial charge in [-0.2, -0.15) is 0 Å². The molecular weight excluding hydrogens is 475 g/mol. The minimum Gasteiger partial charge on any atom is -0.385 e. The van der Waals surface area contributed by atoms with E-state index in [9.17, 15) is 0 Å². The quantitative estimate of drug-likeness (QED) is 0.237. The second kappa shape index (κ2) is 12.3. The van der Waals surface area contributed by atoms with E-state index in [1.807, 2.05) is 29.9 Å². The van der Waals surface area contributed by atoms with Crippen LogP contribution in [0.3, 0.4) is 0 Å². The molecule has 0 bridgehead atoms. The Morgan fingerprint density at radius 3 is 2.70 bits per heavy atom. The lowest BCUT2D eigenvalue weighted by Crippen LogP contribution is -2.43. The largest absolute Gasteiger partial charge is 0.385 e. The fraction of sp³-hybridized carbons (Fsp3) is 0.611. The first-order valence-electron chi connectivity index (χ1n) is 8.93. The lowest BCUT2D eigenvalue weighted by Gasteiger charge is -2.18. The summed E-state index contributed by atoms with van der Waals surface area (Å²) in [4.78, 5) is 7.41. The van der Waals surface area contributed by atoms with Crippen LogP contribution in [0.5, 0.6) is 0 Å². The SMILES string of the molecule is COCCCNC(=NCc1nnc(C)n1C)NC(C)Cc1ccc(C)s1.I. The normalized spacial score (nSPS) is 12.6. The Hall–Kier alpha value is -1.20. The highest BCUT2D eigenvalue weighted by atomic mass is 127. The number of hydrogen-bond acceptors (Lipinski definition) is 5. The predicted octanol–water partition coefficient (Wildman–Crippen LogP) is 2.81. The van der Waals surface area contributed by atoms with Gasteiger partial charge in [-0.05, 0) is 39.3 Å². The molecular formula is C18H31IN6OS. The zero-order chi connectivity index (χ0) is 18.9. The first-order valence-corrected chi connectivity index (χ1v) is 9.75. The Labute approximate surface area is 183 Å². The zero-order valence-corrected chi connectivity index (χ0v) is 19.9. The summed E-state index contributed by atoms with van der Waals surface area (Å²) in [6, 6.07) is 4.65. The van der Waals surface area contributed by atoms with Crippen LogP contribution >= 0.6 is 35.3 Å². The molecule has 0 saturated heterocycles. The minimum absolute atomic E-state index is 0. The van der Waals surface area contributed by atoms with Crippen LogP contribution < -0.4 is 10.6 Å². The number of guanidine groups is 1. The van der Waals surface area contributed by atoms with Gasteiger partial charge in [0, 0.05) is 49.5 Å². The highest BCUT2D eigenvalue weighted by molar-refractivity contribution is 14.0. The van der Waals surface area contributed by atoms with Crippen LogP contribution in [-0.2, 0) is 24.8 Å². The number of aryl methyl sites for hydroxylation is 2. The summed E-state index contributed by atoms with van der Waals surface area (Å²) in [6.45, 7) is 8.28. The standard InChI is InChI=1S/C18H30N6OS.HI/c1-13(11-16-8-7-14(2)26-16)21-18(19-9-6-10-25-5)20-12-17-23-22-15(3)24(17)4;/h7-8,13H,6,9-12H2,1-5H3,(H2,19,20,21);1H. The molecule has 0 fully saturated rings. The monoisotopic (exact) mass is 506 g/mol. The van der Waals surface area contributed by atoms with Crippen LogP contribution in [-0.4, -0.2) is 47.0 Å². The van der Waals surface area contributed by atoms with E-state index in [1.165, 1.54) is 9.75 Å². The summed E-state index contributed by atoms with van der Waals surface area (Å²) in [7, 11) is 3.68. The zero-order valence-electron chi connectivity index (χ0n) is 16.8. The van der Waals surface area contributed by atoms with Gasteiger partial charge in [-0.15, -0.1) is 45.5 Å². The van der Waals surface area contributed by atoms with E-state index in [1.54, 1.807) is 7.11 Å². The van der Waals surface area contributed by atoms with Crippen molar-refractivity contribution in [1.29, 1.82) is 0 Å². The third-order valence-corrected chi connectivity index (χ3v) is 5.09. The topological polar surface area (TPSA) is 76.4 Å². The molecule has 0 amide bonds. The van der Waals surface area contributed by atoms with Crippen LogP contribution in [0.4, 0.5) is 0 Å². The van der Waals surface area contributed by atoms with E-state index >= 15 is 0 Å². The van der Waals surface area contributed by atoms with Crippen molar-refractivity contribution < 1.29 is 4.74 Å². The molecule has 2 N–H and O–H groups in total. The number of aromatic nitrogens is 3. The molecule has 2 heterocycles. The Morgan fingerprint density at radius 2 is 2.11 bits per heavy atom. The van der Waals surface area contributed by atoms with Gasteiger partial charge in [0.2, 0.25) is 0 Å². The maximum atomic E-state index is 5.11. The van der Waals surface area contributed by atoms with Crippen LogP contribution in [0.15, 0.2) is 17.1 Å². The van der Waals surface area contributed by atoms with E-state index in [0.29, 0.717) is 6.54 Å². The van der Waals surface area contributed by atoms with Gasteiger partial charge in [-0.25, -0.2) is 4.99 Å². The maximum Gasteiger partial charge on any atom is 0.191 e. The van der Waals surface area contributed by atoms with Crippen molar-refractivity contribution in [3.63, 3.8) is 0 Å². The van der Waals surface area contributed by atoms with E-state index in [0.717, 1.165) is 43.6 Å². The Morgan fingerprint density at radius 1 is 1.33 bits per heavy atom. The van der Waals surface area contributed by atoms with Gasteiger partial charge in [-0.1, -0.05) is 0 Å². The van der Waals surface area contributed by atoms with Crippen molar-refractivity contribution in [3.05, 3.63) is 33.5 Å². The maximum absolute atomic E-state index is 5.11. The fourth-order valence-corrected chi connectivity index (χ4v) is 3.51. The van der Waals surface area contributed by atoms with Crippen molar-refractivity contribution in [2.24, 2.45) is 12.0 Å². The molecule has 2 aromatic rings. The molecule has 27 heavy (non-hydrogen) atoms. The van der Waals surface area contributed by atoms with Gasteiger partial charge in [0.15, 0.2) is 11.8 Å². The van der Waals surface area contributed by atoms with Gasteiger partial charge in [0.05, 0.1) is 0 Å². The number of aliphatic imine (C=N–C) groups is 1. The molecule has 0 radical (unpaired) electrons. The van der Waals surface area contributed by atoms with Gasteiger partial charge >= 0.3 is 0 Å². The fourth-order valence-electron chi connectivity index (χ4n) is 2.50. The minimum atomic E-state index is 0. The molecule has 0 saturated carbocycles. The molecule has 0 spiro atoms.